The second-order valence-electron chi connectivity index (χ2n) is 6.39. The van der Waals surface area contributed by atoms with Crippen LogP contribution in [0.3, 0.4) is 0 Å². The molecule has 1 aliphatic carbocycles. The van der Waals surface area contributed by atoms with Crippen molar-refractivity contribution in [3.05, 3.63) is 29.3 Å². The van der Waals surface area contributed by atoms with Gasteiger partial charge >= 0.3 is 0 Å². The maximum atomic E-state index is 12.7. The molecule has 118 valence electrons. The maximum absolute atomic E-state index is 12.7. The van der Waals surface area contributed by atoms with Crippen LogP contribution in [0.5, 0.6) is 0 Å². The highest BCUT2D eigenvalue weighted by Crippen LogP contribution is 2.33. The number of aryl methyl sites for hydroxylation is 2. The molecule has 1 aliphatic heterocycles. The molecule has 0 radical (unpaired) electrons. The van der Waals surface area contributed by atoms with E-state index in [2.05, 4.69) is 6.92 Å². The number of sulfonamides is 1. The minimum absolute atomic E-state index is 0. The monoisotopic (exact) mass is 330 g/mol. The first-order valence-corrected chi connectivity index (χ1v) is 8.71. The zero-order valence-electron chi connectivity index (χ0n) is 12.3. The molecular weight excluding hydrogens is 308 g/mol. The standard InChI is InChI=1S/C15H22N2O2S.ClH/c1-15(10-16)7-8-17(11-15)20(18,19)14-6-5-12-3-2-4-13(12)9-14;/h5-6,9H,2-4,7-8,10-11,16H2,1H3;1H. The van der Waals surface area contributed by atoms with Crippen LogP contribution in [0.2, 0.25) is 0 Å². The number of fused-ring (bicyclic) bond motifs is 1. The minimum Gasteiger partial charge on any atom is -0.330 e. The highest BCUT2D eigenvalue weighted by Gasteiger charge is 2.39. The van der Waals surface area contributed by atoms with E-state index in [0.29, 0.717) is 24.5 Å². The van der Waals surface area contributed by atoms with Crippen LogP contribution in [0.15, 0.2) is 23.1 Å². The highest BCUT2D eigenvalue weighted by molar-refractivity contribution is 7.89. The summed E-state index contributed by atoms with van der Waals surface area (Å²) in [6, 6.07) is 5.61. The lowest BCUT2D eigenvalue weighted by molar-refractivity contribution is 0.349. The normalized spacial score (nSPS) is 25.6. The Kier molecular flexibility index (Phi) is 4.69. The van der Waals surface area contributed by atoms with E-state index in [0.717, 1.165) is 25.7 Å². The fourth-order valence-corrected chi connectivity index (χ4v) is 4.85. The van der Waals surface area contributed by atoms with Crippen molar-refractivity contribution in [1.82, 2.24) is 4.31 Å². The number of hydrogen-bond donors (Lipinski definition) is 1. The van der Waals surface area contributed by atoms with Gasteiger partial charge in [-0.3, -0.25) is 0 Å². The smallest absolute Gasteiger partial charge is 0.243 e. The first-order chi connectivity index (χ1) is 9.44. The largest absolute Gasteiger partial charge is 0.330 e. The van der Waals surface area contributed by atoms with Gasteiger partial charge in [-0.1, -0.05) is 13.0 Å². The van der Waals surface area contributed by atoms with Crippen LogP contribution in [-0.2, 0) is 22.9 Å². The Morgan fingerprint density at radius 3 is 2.67 bits per heavy atom. The summed E-state index contributed by atoms with van der Waals surface area (Å²) >= 11 is 0. The summed E-state index contributed by atoms with van der Waals surface area (Å²) in [5.41, 5.74) is 8.19. The Morgan fingerprint density at radius 2 is 2.00 bits per heavy atom. The molecule has 0 aromatic heterocycles. The number of nitrogens with two attached hydrogens (primary N) is 1. The van der Waals surface area contributed by atoms with E-state index in [9.17, 15) is 8.42 Å². The van der Waals surface area contributed by atoms with Crippen molar-refractivity contribution in [3.63, 3.8) is 0 Å². The molecule has 0 bridgehead atoms. The number of halogens is 1. The van der Waals surface area contributed by atoms with Crippen molar-refractivity contribution in [2.75, 3.05) is 19.6 Å². The van der Waals surface area contributed by atoms with Crippen LogP contribution < -0.4 is 5.73 Å². The zero-order chi connectivity index (χ0) is 14.4. The lowest BCUT2D eigenvalue weighted by Crippen LogP contribution is -2.34. The molecule has 4 nitrogen and oxygen atoms in total. The van der Waals surface area contributed by atoms with Gasteiger partial charge in [-0.15, -0.1) is 12.4 Å². The highest BCUT2D eigenvalue weighted by atomic mass is 35.5. The maximum Gasteiger partial charge on any atom is 0.243 e. The van der Waals surface area contributed by atoms with E-state index >= 15 is 0 Å². The van der Waals surface area contributed by atoms with Gasteiger partial charge in [0.05, 0.1) is 4.90 Å². The van der Waals surface area contributed by atoms with Crippen molar-refractivity contribution >= 4 is 22.4 Å². The van der Waals surface area contributed by atoms with Gasteiger partial charge < -0.3 is 5.73 Å². The van der Waals surface area contributed by atoms with E-state index in [1.165, 1.54) is 11.1 Å². The Hall–Kier alpha value is -0.620. The fraction of sp³-hybridized carbons (Fsp3) is 0.600. The van der Waals surface area contributed by atoms with E-state index in [1.54, 1.807) is 10.4 Å². The Balaban J connectivity index is 0.00000161. The van der Waals surface area contributed by atoms with E-state index in [-0.39, 0.29) is 17.8 Å². The summed E-state index contributed by atoms with van der Waals surface area (Å²) < 4.78 is 27.0. The Bertz CT molecular complexity index is 633. The molecule has 6 heteroatoms. The van der Waals surface area contributed by atoms with Gasteiger partial charge in [0.25, 0.3) is 0 Å². The SMILES string of the molecule is CC1(CN)CCN(S(=O)(=O)c2ccc3c(c2)CCC3)C1.Cl. The molecule has 21 heavy (non-hydrogen) atoms. The van der Waals surface area contributed by atoms with Gasteiger partial charge in [0.1, 0.15) is 0 Å². The molecule has 2 aliphatic rings. The second kappa shape index (κ2) is 5.88. The van der Waals surface area contributed by atoms with Gasteiger partial charge in [0, 0.05) is 13.1 Å². The summed E-state index contributed by atoms with van der Waals surface area (Å²) in [7, 11) is -3.36. The van der Waals surface area contributed by atoms with Gasteiger partial charge in [-0.25, -0.2) is 8.42 Å². The van der Waals surface area contributed by atoms with Crippen LogP contribution in [0, 0.1) is 5.41 Å². The Morgan fingerprint density at radius 1 is 1.29 bits per heavy atom. The summed E-state index contributed by atoms with van der Waals surface area (Å²) in [6.45, 7) is 3.70. The van der Waals surface area contributed by atoms with Crippen LogP contribution in [0.4, 0.5) is 0 Å². The lowest BCUT2D eigenvalue weighted by atomic mass is 9.90. The second-order valence-corrected chi connectivity index (χ2v) is 8.33. The average molecular weight is 331 g/mol. The molecule has 0 spiro atoms. The molecule has 1 unspecified atom stereocenters. The summed E-state index contributed by atoms with van der Waals surface area (Å²) in [5, 5.41) is 0. The minimum atomic E-state index is -3.36. The van der Waals surface area contributed by atoms with E-state index in [4.69, 9.17) is 5.73 Å². The molecule has 3 rings (SSSR count). The number of hydrogen-bond acceptors (Lipinski definition) is 3. The topological polar surface area (TPSA) is 63.4 Å². The van der Waals surface area contributed by atoms with Crippen LogP contribution in [-0.4, -0.2) is 32.4 Å². The first-order valence-electron chi connectivity index (χ1n) is 7.27. The summed E-state index contributed by atoms with van der Waals surface area (Å²) in [5.74, 6) is 0. The average Bonchev–Trinajstić information content (AvgIpc) is 3.05. The molecule has 0 amide bonds. The fourth-order valence-electron chi connectivity index (χ4n) is 3.21. The molecule has 2 N–H and O–H groups in total. The van der Waals surface area contributed by atoms with Gasteiger partial charge in [0.2, 0.25) is 10.0 Å². The first kappa shape index (κ1) is 16.7. The lowest BCUT2D eigenvalue weighted by Gasteiger charge is -2.22. The van der Waals surface area contributed by atoms with Crippen LogP contribution >= 0.6 is 12.4 Å². The summed E-state index contributed by atoms with van der Waals surface area (Å²) in [4.78, 5) is 0.444. The van der Waals surface area contributed by atoms with Crippen LogP contribution in [0.1, 0.15) is 30.9 Å². The molecule has 1 fully saturated rings. The molecule has 0 saturated carbocycles. The number of nitrogens with zero attached hydrogens (tertiary/aromatic N) is 1. The van der Waals surface area contributed by atoms with Crippen molar-refractivity contribution < 1.29 is 8.42 Å². The Labute approximate surface area is 133 Å². The van der Waals surface area contributed by atoms with Gasteiger partial charge in [0.15, 0.2) is 0 Å². The quantitative estimate of drug-likeness (QED) is 0.921. The molecule has 1 atom stereocenters. The van der Waals surface area contributed by atoms with E-state index in [1.807, 2.05) is 12.1 Å². The molecule has 1 heterocycles. The van der Waals surface area contributed by atoms with Gasteiger partial charge in [-0.2, -0.15) is 4.31 Å². The number of benzene rings is 1. The third-order valence-electron chi connectivity index (χ3n) is 4.72. The molecule has 1 aromatic rings. The predicted molar refractivity (Wildman–Crippen MR) is 86.3 cm³/mol. The number of rotatable bonds is 3. The van der Waals surface area contributed by atoms with Crippen molar-refractivity contribution in [3.8, 4) is 0 Å². The summed E-state index contributed by atoms with van der Waals surface area (Å²) in [6.07, 6.45) is 4.05. The third kappa shape index (κ3) is 2.97. The zero-order valence-corrected chi connectivity index (χ0v) is 14.0. The van der Waals surface area contributed by atoms with E-state index < -0.39 is 10.0 Å². The predicted octanol–water partition coefficient (Wildman–Crippen LogP) is 1.96. The van der Waals surface area contributed by atoms with Gasteiger partial charge in [-0.05, 0) is 60.9 Å². The van der Waals surface area contributed by atoms with Crippen molar-refractivity contribution in [2.45, 2.75) is 37.5 Å². The molecule has 1 saturated heterocycles. The third-order valence-corrected chi connectivity index (χ3v) is 6.56. The van der Waals surface area contributed by atoms with Crippen LogP contribution in [0.25, 0.3) is 0 Å². The molecule has 1 aromatic carbocycles. The van der Waals surface area contributed by atoms with Crippen molar-refractivity contribution in [1.29, 1.82) is 0 Å². The van der Waals surface area contributed by atoms with Crippen molar-refractivity contribution in [2.24, 2.45) is 11.1 Å². The molecular formula is C15H23ClN2O2S.